The second-order valence-electron chi connectivity index (χ2n) is 5.40. The third kappa shape index (κ3) is 2.37. The molecule has 4 heteroatoms. The standard InChI is InChI=1S/C14H18N2O2/c1-14(2)9-12(17)16(13(14)18)8-7-10-3-5-11(15)6-4-10/h3-6H,7-9,15H2,1-2H3. The Labute approximate surface area is 107 Å². The molecule has 0 aromatic heterocycles. The SMILES string of the molecule is CC1(C)CC(=O)N(CCc2ccc(N)cc2)C1=O. The van der Waals surface area contributed by atoms with Gasteiger partial charge in [-0.25, -0.2) is 0 Å². The van der Waals surface area contributed by atoms with Gasteiger partial charge in [-0.1, -0.05) is 26.0 Å². The molecule has 0 unspecified atom stereocenters. The molecule has 1 aromatic carbocycles. The molecule has 0 saturated carbocycles. The van der Waals surface area contributed by atoms with E-state index in [2.05, 4.69) is 0 Å². The summed E-state index contributed by atoms with van der Waals surface area (Å²) >= 11 is 0. The van der Waals surface area contributed by atoms with Crippen molar-refractivity contribution >= 4 is 17.5 Å². The van der Waals surface area contributed by atoms with Crippen molar-refractivity contribution in [3.8, 4) is 0 Å². The van der Waals surface area contributed by atoms with Gasteiger partial charge < -0.3 is 5.73 Å². The summed E-state index contributed by atoms with van der Waals surface area (Å²) in [6, 6.07) is 7.50. The van der Waals surface area contributed by atoms with Crippen molar-refractivity contribution in [3.05, 3.63) is 29.8 Å². The maximum atomic E-state index is 12.0. The Morgan fingerprint density at radius 3 is 2.33 bits per heavy atom. The minimum Gasteiger partial charge on any atom is -0.399 e. The monoisotopic (exact) mass is 246 g/mol. The summed E-state index contributed by atoms with van der Waals surface area (Å²) in [5.41, 5.74) is 6.86. The molecule has 1 saturated heterocycles. The minimum absolute atomic E-state index is 0.0667. The maximum Gasteiger partial charge on any atom is 0.235 e. The van der Waals surface area contributed by atoms with Crippen LogP contribution in [0.25, 0.3) is 0 Å². The predicted octanol–water partition coefficient (Wildman–Crippen LogP) is 1.60. The number of anilines is 1. The number of nitrogens with two attached hydrogens (primary N) is 1. The number of imide groups is 1. The first-order valence-corrected chi connectivity index (χ1v) is 6.09. The van der Waals surface area contributed by atoms with Gasteiger partial charge in [0.15, 0.2) is 0 Å². The molecule has 4 nitrogen and oxygen atoms in total. The van der Waals surface area contributed by atoms with Crippen LogP contribution in [0.2, 0.25) is 0 Å². The summed E-state index contributed by atoms with van der Waals surface area (Å²) in [6.07, 6.45) is 0.988. The largest absolute Gasteiger partial charge is 0.399 e. The number of nitrogen functional groups attached to an aromatic ring is 1. The zero-order valence-corrected chi connectivity index (χ0v) is 10.8. The van der Waals surface area contributed by atoms with Crippen molar-refractivity contribution in [2.24, 2.45) is 5.41 Å². The molecule has 1 aromatic rings. The van der Waals surface area contributed by atoms with Crippen molar-refractivity contribution < 1.29 is 9.59 Å². The van der Waals surface area contributed by atoms with Crippen molar-refractivity contribution in [2.45, 2.75) is 26.7 Å². The number of amides is 2. The first kappa shape index (κ1) is 12.6. The summed E-state index contributed by atoms with van der Waals surface area (Å²) in [5.74, 6) is -0.136. The number of nitrogens with zero attached hydrogens (tertiary/aromatic N) is 1. The fourth-order valence-electron chi connectivity index (χ4n) is 2.18. The van der Waals surface area contributed by atoms with Gasteiger partial charge in [0, 0.05) is 18.7 Å². The number of carbonyl (C=O) groups excluding carboxylic acids is 2. The fraction of sp³-hybridized carbons (Fsp3) is 0.429. The Balaban J connectivity index is 2.01. The summed E-state index contributed by atoms with van der Waals surface area (Å²) in [6.45, 7) is 4.08. The van der Waals surface area contributed by atoms with E-state index in [1.807, 2.05) is 38.1 Å². The molecule has 0 bridgehead atoms. The Kier molecular flexibility index (Phi) is 3.11. The van der Waals surface area contributed by atoms with Gasteiger partial charge in [0.05, 0.1) is 5.41 Å². The first-order valence-electron chi connectivity index (χ1n) is 6.09. The van der Waals surface area contributed by atoms with E-state index in [4.69, 9.17) is 5.73 Å². The Hall–Kier alpha value is -1.84. The molecule has 96 valence electrons. The maximum absolute atomic E-state index is 12.0. The number of hydrogen-bond donors (Lipinski definition) is 1. The summed E-state index contributed by atoms with van der Waals surface area (Å²) in [4.78, 5) is 25.1. The van der Waals surface area contributed by atoms with Gasteiger partial charge in [0.25, 0.3) is 0 Å². The van der Waals surface area contributed by atoms with Crippen LogP contribution < -0.4 is 5.73 Å². The van der Waals surface area contributed by atoms with Gasteiger partial charge >= 0.3 is 0 Å². The predicted molar refractivity (Wildman–Crippen MR) is 69.7 cm³/mol. The zero-order chi connectivity index (χ0) is 13.3. The number of benzene rings is 1. The van der Waals surface area contributed by atoms with Crippen LogP contribution in [0.15, 0.2) is 24.3 Å². The van der Waals surface area contributed by atoms with Crippen LogP contribution in [0.3, 0.4) is 0 Å². The average molecular weight is 246 g/mol. The summed E-state index contributed by atoms with van der Waals surface area (Å²) < 4.78 is 0. The van der Waals surface area contributed by atoms with E-state index < -0.39 is 5.41 Å². The quantitative estimate of drug-likeness (QED) is 0.650. The van der Waals surface area contributed by atoms with E-state index in [9.17, 15) is 9.59 Å². The highest BCUT2D eigenvalue weighted by atomic mass is 16.2. The van der Waals surface area contributed by atoms with E-state index >= 15 is 0 Å². The lowest BCUT2D eigenvalue weighted by molar-refractivity contribution is -0.140. The van der Waals surface area contributed by atoms with Crippen molar-refractivity contribution in [2.75, 3.05) is 12.3 Å². The minimum atomic E-state index is -0.543. The zero-order valence-electron chi connectivity index (χ0n) is 10.8. The van der Waals surface area contributed by atoms with E-state index in [0.717, 1.165) is 5.56 Å². The van der Waals surface area contributed by atoms with Crippen LogP contribution >= 0.6 is 0 Å². The lowest BCUT2D eigenvalue weighted by atomic mass is 9.92. The highest BCUT2D eigenvalue weighted by Crippen LogP contribution is 2.31. The third-order valence-corrected chi connectivity index (χ3v) is 3.32. The molecule has 0 aliphatic carbocycles. The number of hydrogen-bond acceptors (Lipinski definition) is 3. The highest BCUT2D eigenvalue weighted by molar-refractivity contribution is 6.05. The number of rotatable bonds is 3. The van der Waals surface area contributed by atoms with E-state index in [-0.39, 0.29) is 11.8 Å². The van der Waals surface area contributed by atoms with Gasteiger partial charge in [-0.05, 0) is 24.1 Å². The molecule has 1 fully saturated rings. The second-order valence-corrected chi connectivity index (χ2v) is 5.40. The molecule has 1 aliphatic heterocycles. The van der Waals surface area contributed by atoms with Gasteiger partial charge in [-0.15, -0.1) is 0 Å². The molecule has 2 rings (SSSR count). The highest BCUT2D eigenvalue weighted by Gasteiger charge is 2.44. The molecule has 0 atom stereocenters. The molecular formula is C14H18N2O2. The van der Waals surface area contributed by atoms with E-state index in [1.54, 1.807) is 0 Å². The smallest absolute Gasteiger partial charge is 0.235 e. The number of carbonyl (C=O) groups is 2. The van der Waals surface area contributed by atoms with Crippen LogP contribution in [0.4, 0.5) is 5.69 Å². The van der Waals surface area contributed by atoms with Crippen LogP contribution in [-0.2, 0) is 16.0 Å². The average Bonchev–Trinajstić information content (AvgIpc) is 2.49. The van der Waals surface area contributed by atoms with Gasteiger partial charge in [-0.3, -0.25) is 14.5 Å². The summed E-state index contributed by atoms with van der Waals surface area (Å²) in [5, 5.41) is 0. The molecule has 1 aliphatic rings. The van der Waals surface area contributed by atoms with E-state index in [0.29, 0.717) is 25.1 Å². The third-order valence-electron chi connectivity index (χ3n) is 3.32. The molecule has 0 radical (unpaired) electrons. The lowest BCUT2D eigenvalue weighted by Gasteiger charge is -2.17. The normalized spacial score (nSPS) is 18.4. The molecule has 0 spiro atoms. The lowest BCUT2D eigenvalue weighted by Crippen LogP contribution is -2.34. The molecule has 2 N–H and O–H groups in total. The van der Waals surface area contributed by atoms with Gasteiger partial charge in [0.1, 0.15) is 0 Å². The molecule has 18 heavy (non-hydrogen) atoms. The van der Waals surface area contributed by atoms with Gasteiger partial charge in [0.2, 0.25) is 11.8 Å². The summed E-state index contributed by atoms with van der Waals surface area (Å²) in [7, 11) is 0. The van der Waals surface area contributed by atoms with Crippen LogP contribution in [0.1, 0.15) is 25.8 Å². The van der Waals surface area contributed by atoms with Crippen molar-refractivity contribution in [3.63, 3.8) is 0 Å². The molecular weight excluding hydrogens is 228 g/mol. The van der Waals surface area contributed by atoms with Crippen molar-refractivity contribution in [1.82, 2.24) is 4.90 Å². The molecule has 2 amide bonds. The Bertz CT molecular complexity index is 477. The van der Waals surface area contributed by atoms with Crippen LogP contribution in [-0.4, -0.2) is 23.3 Å². The number of likely N-dealkylation sites (tertiary alicyclic amines) is 1. The topological polar surface area (TPSA) is 63.4 Å². The van der Waals surface area contributed by atoms with E-state index in [1.165, 1.54) is 4.90 Å². The van der Waals surface area contributed by atoms with Crippen molar-refractivity contribution in [1.29, 1.82) is 0 Å². The van der Waals surface area contributed by atoms with Crippen LogP contribution in [0, 0.1) is 5.41 Å². The van der Waals surface area contributed by atoms with Crippen LogP contribution in [0.5, 0.6) is 0 Å². The molecule has 1 heterocycles. The fourth-order valence-corrected chi connectivity index (χ4v) is 2.18. The first-order chi connectivity index (χ1) is 8.40. The second kappa shape index (κ2) is 4.44. The van der Waals surface area contributed by atoms with Gasteiger partial charge in [-0.2, -0.15) is 0 Å². The Morgan fingerprint density at radius 2 is 1.83 bits per heavy atom. The Morgan fingerprint density at radius 1 is 1.22 bits per heavy atom.